The molecule has 2 heterocycles. The van der Waals surface area contributed by atoms with E-state index in [1.165, 1.54) is 10.0 Å². The van der Waals surface area contributed by atoms with E-state index in [4.69, 9.17) is 4.74 Å². The molecule has 0 spiro atoms. The van der Waals surface area contributed by atoms with E-state index in [0.29, 0.717) is 0 Å². The molecule has 0 aliphatic carbocycles. The fourth-order valence-electron chi connectivity index (χ4n) is 2.35. The average Bonchev–Trinajstić information content (AvgIpc) is 2.97. The van der Waals surface area contributed by atoms with E-state index in [1.807, 2.05) is 42.5 Å². The molecule has 1 aromatic heterocycles. The standard InChI is InChI=1S/C15H10N2OSe/c1-2-6-10(7-3-1)14-15-13(16-17-19-15)11-8-4-5-9-12(11)18-14/h1-9,14H. The number of benzene rings is 2. The fraction of sp³-hybridized carbons (Fsp3) is 0.0667. The summed E-state index contributed by atoms with van der Waals surface area (Å²) in [5.41, 5.74) is 3.24. The molecule has 2 aromatic carbocycles. The molecule has 1 unspecified atom stereocenters. The van der Waals surface area contributed by atoms with E-state index in [9.17, 15) is 0 Å². The Kier molecular flexibility index (Phi) is 2.50. The van der Waals surface area contributed by atoms with Crippen molar-refractivity contribution in [3.05, 3.63) is 64.6 Å². The minimum absolute atomic E-state index is 0.0406. The maximum absolute atomic E-state index is 6.17. The Morgan fingerprint density at radius 3 is 2.63 bits per heavy atom. The first-order chi connectivity index (χ1) is 9.43. The first-order valence-electron chi connectivity index (χ1n) is 6.07. The summed E-state index contributed by atoms with van der Waals surface area (Å²) < 4.78 is 11.6. The summed E-state index contributed by atoms with van der Waals surface area (Å²) >= 11 is 0.0450. The van der Waals surface area contributed by atoms with Gasteiger partial charge in [0.1, 0.15) is 0 Å². The second-order valence-electron chi connectivity index (χ2n) is 4.39. The number of nitrogens with zero attached hydrogens (tertiary/aromatic N) is 2. The molecule has 0 bridgehead atoms. The van der Waals surface area contributed by atoms with Crippen LogP contribution in [0.15, 0.2) is 54.6 Å². The average molecular weight is 313 g/mol. The van der Waals surface area contributed by atoms with Gasteiger partial charge in [-0.25, -0.2) is 0 Å². The molecule has 19 heavy (non-hydrogen) atoms. The zero-order chi connectivity index (χ0) is 12.7. The topological polar surface area (TPSA) is 35.0 Å². The Hall–Kier alpha value is -1.90. The van der Waals surface area contributed by atoms with Crippen molar-refractivity contribution in [2.45, 2.75) is 6.10 Å². The van der Waals surface area contributed by atoms with Crippen molar-refractivity contribution in [2.75, 3.05) is 0 Å². The Bertz CT molecular complexity index is 724. The Labute approximate surface area is 116 Å². The van der Waals surface area contributed by atoms with E-state index in [2.05, 4.69) is 21.3 Å². The van der Waals surface area contributed by atoms with Crippen molar-refractivity contribution >= 4 is 14.7 Å². The van der Waals surface area contributed by atoms with Crippen molar-refractivity contribution in [2.24, 2.45) is 0 Å². The van der Waals surface area contributed by atoms with Gasteiger partial charge in [-0.3, -0.25) is 0 Å². The molecule has 1 aliphatic rings. The van der Waals surface area contributed by atoms with Crippen LogP contribution < -0.4 is 4.74 Å². The van der Waals surface area contributed by atoms with Crippen molar-refractivity contribution in [1.29, 1.82) is 0 Å². The third kappa shape index (κ3) is 1.72. The Balaban J connectivity index is 1.91. The van der Waals surface area contributed by atoms with Gasteiger partial charge in [0, 0.05) is 0 Å². The van der Waals surface area contributed by atoms with Gasteiger partial charge in [0.05, 0.1) is 0 Å². The number of hydrogen-bond donors (Lipinski definition) is 0. The second-order valence-corrected chi connectivity index (χ2v) is 6.04. The molecule has 0 fully saturated rings. The number of hydrogen-bond acceptors (Lipinski definition) is 3. The van der Waals surface area contributed by atoms with Crippen molar-refractivity contribution < 1.29 is 4.74 Å². The van der Waals surface area contributed by atoms with Gasteiger partial charge < -0.3 is 0 Å². The molecule has 0 radical (unpaired) electrons. The molecule has 0 amide bonds. The van der Waals surface area contributed by atoms with Crippen LogP contribution in [0.5, 0.6) is 5.75 Å². The number of ether oxygens (including phenoxy) is 1. The first kappa shape index (κ1) is 11.0. The van der Waals surface area contributed by atoms with Crippen molar-refractivity contribution in [1.82, 2.24) is 9.19 Å². The normalized spacial score (nSPS) is 16.3. The third-order valence-corrected chi connectivity index (χ3v) is 4.85. The molecule has 0 saturated heterocycles. The van der Waals surface area contributed by atoms with Gasteiger partial charge >= 0.3 is 116 Å². The molecule has 92 valence electrons. The van der Waals surface area contributed by atoms with Gasteiger partial charge in [-0.2, -0.15) is 0 Å². The van der Waals surface area contributed by atoms with Crippen molar-refractivity contribution in [3.8, 4) is 17.0 Å². The molecule has 0 saturated carbocycles. The zero-order valence-electron chi connectivity index (χ0n) is 9.98. The predicted octanol–water partition coefficient (Wildman–Crippen LogP) is 2.68. The van der Waals surface area contributed by atoms with Crippen molar-refractivity contribution in [3.63, 3.8) is 0 Å². The van der Waals surface area contributed by atoms with Gasteiger partial charge in [-0.15, -0.1) is 0 Å². The summed E-state index contributed by atoms with van der Waals surface area (Å²) in [6, 6.07) is 18.3. The maximum atomic E-state index is 6.17. The fourth-order valence-corrected chi connectivity index (χ4v) is 3.88. The van der Waals surface area contributed by atoms with Gasteiger partial charge in [0.2, 0.25) is 0 Å². The number of rotatable bonds is 1. The second kappa shape index (κ2) is 4.33. The van der Waals surface area contributed by atoms with E-state index in [-0.39, 0.29) is 20.8 Å². The third-order valence-electron chi connectivity index (χ3n) is 3.24. The molecule has 1 aliphatic heterocycles. The SMILES string of the molecule is c1ccc(C2Oc3ccccc3-c3nn[se]c32)cc1. The quantitative estimate of drug-likeness (QED) is 0.648. The first-order valence-corrected chi connectivity index (χ1v) is 7.69. The van der Waals surface area contributed by atoms with Crippen LogP contribution >= 0.6 is 0 Å². The van der Waals surface area contributed by atoms with Gasteiger partial charge in [-0.1, -0.05) is 0 Å². The van der Waals surface area contributed by atoms with Crippen LogP contribution in [-0.2, 0) is 0 Å². The monoisotopic (exact) mass is 314 g/mol. The van der Waals surface area contributed by atoms with Gasteiger partial charge in [-0.05, 0) is 0 Å². The van der Waals surface area contributed by atoms with E-state index < -0.39 is 0 Å². The van der Waals surface area contributed by atoms with Gasteiger partial charge in [0.25, 0.3) is 0 Å². The summed E-state index contributed by atoms with van der Waals surface area (Å²) in [4.78, 5) is 0. The predicted molar refractivity (Wildman–Crippen MR) is 73.3 cm³/mol. The van der Waals surface area contributed by atoms with Crippen LogP contribution in [0.25, 0.3) is 11.3 Å². The number of fused-ring (bicyclic) bond motifs is 3. The molecule has 3 nitrogen and oxygen atoms in total. The van der Waals surface area contributed by atoms with Crippen LogP contribution in [0.1, 0.15) is 16.1 Å². The molecular formula is C15H10N2OSe. The minimum atomic E-state index is -0.0406. The summed E-state index contributed by atoms with van der Waals surface area (Å²) in [5.74, 6) is 0.895. The molecule has 4 rings (SSSR count). The summed E-state index contributed by atoms with van der Waals surface area (Å²) in [6.07, 6.45) is -0.0406. The summed E-state index contributed by atoms with van der Waals surface area (Å²) in [7, 11) is 0. The van der Waals surface area contributed by atoms with Crippen LogP contribution in [0.4, 0.5) is 0 Å². The Morgan fingerprint density at radius 2 is 1.74 bits per heavy atom. The Morgan fingerprint density at radius 1 is 0.947 bits per heavy atom. The van der Waals surface area contributed by atoms with Crippen LogP contribution in [-0.4, -0.2) is 23.9 Å². The number of para-hydroxylation sites is 1. The van der Waals surface area contributed by atoms with E-state index >= 15 is 0 Å². The summed E-state index contributed by atoms with van der Waals surface area (Å²) in [5, 5.41) is 4.33. The van der Waals surface area contributed by atoms with Gasteiger partial charge in [0.15, 0.2) is 0 Å². The van der Waals surface area contributed by atoms with E-state index in [1.54, 1.807) is 0 Å². The zero-order valence-corrected chi connectivity index (χ0v) is 11.7. The molecule has 4 heteroatoms. The molecule has 0 N–H and O–H groups in total. The van der Waals surface area contributed by atoms with Crippen LogP contribution in [0, 0.1) is 0 Å². The van der Waals surface area contributed by atoms with E-state index in [0.717, 1.165) is 17.0 Å². The molecule has 1 atom stereocenters. The summed E-state index contributed by atoms with van der Waals surface area (Å²) in [6.45, 7) is 0. The molecule has 3 aromatic rings. The molecular weight excluding hydrogens is 303 g/mol. The van der Waals surface area contributed by atoms with Crippen LogP contribution in [0.2, 0.25) is 0 Å². The number of aromatic nitrogens is 2. The van der Waals surface area contributed by atoms with Crippen LogP contribution in [0.3, 0.4) is 0 Å².